The van der Waals surface area contributed by atoms with Crippen LogP contribution in [0, 0.1) is 0 Å². The van der Waals surface area contributed by atoms with Gasteiger partial charge in [0.25, 0.3) is 0 Å². The summed E-state index contributed by atoms with van der Waals surface area (Å²) in [5.74, 6) is 0.709. The molecule has 6 heteroatoms. The molecule has 2 N–H and O–H groups in total. The first-order valence-corrected chi connectivity index (χ1v) is 8.12. The third-order valence-corrected chi connectivity index (χ3v) is 3.24. The van der Waals surface area contributed by atoms with Gasteiger partial charge in [-0.3, -0.25) is 4.21 Å². The summed E-state index contributed by atoms with van der Waals surface area (Å²) < 4.78 is 16.2. The van der Waals surface area contributed by atoms with Gasteiger partial charge in [-0.05, 0) is 38.9 Å². The Kier molecular flexibility index (Phi) is 10.8. The first-order chi connectivity index (χ1) is 8.06. The van der Waals surface area contributed by atoms with Gasteiger partial charge >= 0.3 is 0 Å². The van der Waals surface area contributed by atoms with E-state index in [1.807, 2.05) is 13.8 Å². The van der Waals surface area contributed by atoms with Crippen molar-refractivity contribution in [3.63, 3.8) is 0 Å². The Morgan fingerprint density at radius 3 is 2.82 bits per heavy atom. The Morgan fingerprint density at radius 1 is 1.53 bits per heavy atom. The molecule has 0 amide bonds. The predicted molar refractivity (Wildman–Crippen MR) is 77.9 cm³/mol. The van der Waals surface area contributed by atoms with Gasteiger partial charge in [0.15, 0.2) is 5.11 Å². The van der Waals surface area contributed by atoms with Gasteiger partial charge in [0.05, 0.1) is 0 Å². The zero-order valence-electron chi connectivity index (χ0n) is 11.0. The first kappa shape index (κ1) is 16.8. The molecule has 0 heterocycles. The Balaban J connectivity index is 3.47. The molecule has 4 nitrogen and oxygen atoms in total. The first-order valence-electron chi connectivity index (χ1n) is 5.98. The normalized spacial score (nSPS) is 14.1. The quantitative estimate of drug-likeness (QED) is 0.488. The van der Waals surface area contributed by atoms with Crippen molar-refractivity contribution in [1.29, 1.82) is 0 Å². The molecule has 0 fully saturated rings. The lowest BCUT2D eigenvalue weighted by Gasteiger charge is -2.16. The summed E-state index contributed by atoms with van der Waals surface area (Å²) in [5, 5.41) is 6.96. The van der Waals surface area contributed by atoms with E-state index in [4.69, 9.17) is 17.0 Å². The van der Waals surface area contributed by atoms with Crippen LogP contribution in [-0.4, -0.2) is 47.1 Å². The Labute approximate surface area is 112 Å². The minimum absolute atomic E-state index is 0.255. The zero-order chi connectivity index (χ0) is 13.1. The lowest BCUT2D eigenvalue weighted by molar-refractivity contribution is 0.145. The van der Waals surface area contributed by atoms with Gasteiger partial charge < -0.3 is 15.4 Å². The topological polar surface area (TPSA) is 50.4 Å². The number of rotatable bonds is 9. The number of nitrogens with one attached hydrogen (secondary N) is 2. The lowest BCUT2D eigenvalue weighted by atomic mass is 10.3. The SMILES string of the molecule is CCOCCCNC(=S)NC(C)CCS(C)=O. The van der Waals surface area contributed by atoms with Gasteiger partial charge in [0.1, 0.15) is 0 Å². The molecule has 0 aliphatic rings. The highest BCUT2D eigenvalue weighted by Gasteiger charge is 2.04. The molecule has 2 atom stereocenters. The van der Waals surface area contributed by atoms with Crippen LogP contribution in [0.25, 0.3) is 0 Å². The molecular weight excluding hydrogens is 256 g/mol. The Hall–Kier alpha value is -0.200. The average molecular weight is 280 g/mol. The van der Waals surface area contributed by atoms with E-state index in [0.29, 0.717) is 10.9 Å². The van der Waals surface area contributed by atoms with Gasteiger partial charge in [-0.1, -0.05) is 0 Å². The van der Waals surface area contributed by atoms with E-state index in [1.165, 1.54) is 0 Å². The molecule has 0 aliphatic heterocycles. The highest BCUT2D eigenvalue weighted by Crippen LogP contribution is 1.92. The van der Waals surface area contributed by atoms with E-state index in [-0.39, 0.29) is 6.04 Å². The molecule has 102 valence electrons. The van der Waals surface area contributed by atoms with E-state index in [0.717, 1.165) is 32.6 Å². The molecule has 0 rings (SSSR count). The number of hydrogen-bond donors (Lipinski definition) is 2. The third kappa shape index (κ3) is 12.1. The lowest BCUT2D eigenvalue weighted by Crippen LogP contribution is -2.41. The summed E-state index contributed by atoms with van der Waals surface area (Å²) >= 11 is 5.15. The summed E-state index contributed by atoms with van der Waals surface area (Å²) in [6.45, 7) is 6.36. The van der Waals surface area contributed by atoms with Gasteiger partial charge in [-0.15, -0.1) is 0 Å². The molecule has 0 aromatic heterocycles. The van der Waals surface area contributed by atoms with Crippen LogP contribution in [-0.2, 0) is 15.5 Å². The molecule has 0 saturated carbocycles. The van der Waals surface area contributed by atoms with Crippen LogP contribution in [0.5, 0.6) is 0 Å². The Bertz CT molecular complexity index is 238. The zero-order valence-corrected chi connectivity index (χ0v) is 12.6. The maximum atomic E-state index is 10.9. The van der Waals surface area contributed by atoms with Crippen molar-refractivity contribution < 1.29 is 8.95 Å². The smallest absolute Gasteiger partial charge is 0.166 e. The predicted octanol–water partition coefficient (Wildman–Crippen LogP) is 1.03. The number of hydrogen-bond acceptors (Lipinski definition) is 3. The maximum Gasteiger partial charge on any atom is 0.166 e. The van der Waals surface area contributed by atoms with Crippen LogP contribution in [0.1, 0.15) is 26.7 Å². The van der Waals surface area contributed by atoms with Crippen LogP contribution in [0.3, 0.4) is 0 Å². The molecule has 0 aromatic rings. The van der Waals surface area contributed by atoms with E-state index < -0.39 is 10.8 Å². The largest absolute Gasteiger partial charge is 0.382 e. The molecule has 17 heavy (non-hydrogen) atoms. The summed E-state index contributed by atoms with van der Waals surface area (Å²) in [7, 11) is -0.730. The highest BCUT2D eigenvalue weighted by molar-refractivity contribution is 7.84. The van der Waals surface area contributed by atoms with E-state index in [2.05, 4.69) is 10.6 Å². The highest BCUT2D eigenvalue weighted by atomic mass is 32.2. The molecule has 2 unspecified atom stereocenters. The van der Waals surface area contributed by atoms with E-state index >= 15 is 0 Å². The minimum Gasteiger partial charge on any atom is -0.382 e. The van der Waals surface area contributed by atoms with Gasteiger partial charge in [0, 0.05) is 48.6 Å². The summed E-state index contributed by atoms with van der Waals surface area (Å²) in [4.78, 5) is 0. The van der Waals surface area contributed by atoms with Crippen LogP contribution in [0.2, 0.25) is 0 Å². The minimum atomic E-state index is -0.730. The summed E-state index contributed by atoms with van der Waals surface area (Å²) in [6.07, 6.45) is 3.53. The Morgan fingerprint density at radius 2 is 2.24 bits per heavy atom. The van der Waals surface area contributed by atoms with Gasteiger partial charge in [-0.25, -0.2) is 0 Å². The number of thiocarbonyl (C=S) groups is 1. The standard InChI is InChI=1S/C11H24N2O2S2/c1-4-15-8-5-7-12-11(16)13-10(2)6-9-17(3)14/h10H,4-9H2,1-3H3,(H2,12,13,16). The van der Waals surface area contributed by atoms with Crippen molar-refractivity contribution in [1.82, 2.24) is 10.6 Å². The fourth-order valence-corrected chi connectivity index (χ4v) is 2.20. The van der Waals surface area contributed by atoms with Crippen LogP contribution >= 0.6 is 12.2 Å². The van der Waals surface area contributed by atoms with Crippen molar-refractivity contribution in [2.75, 3.05) is 31.8 Å². The van der Waals surface area contributed by atoms with Crippen LogP contribution in [0.4, 0.5) is 0 Å². The third-order valence-electron chi connectivity index (χ3n) is 2.17. The second-order valence-corrected chi connectivity index (χ2v) is 5.88. The maximum absolute atomic E-state index is 10.9. The van der Waals surface area contributed by atoms with Crippen LogP contribution < -0.4 is 10.6 Å². The molecule has 0 aromatic carbocycles. The molecule has 0 aliphatic carbocycles. The van der Waals surface area contributed by atoms with Crippen molar-refractivity contribution >= 4 is 28.1 Å². The summed E-state index contributed by atoms with van der Waals surface area (Å²) in [6, 6.07) is 0.255. The van der Waals surface area contributed by atoms with Gasteiger partial charge in [0.2, 0.25) is 0 Å². The van der Waals surface area contributed by atoms with Crippen LogP contribution in [0.15, 0.2) is 0 Å². The second-order valence-electron chi connectivity index (χ2n) is 3.92. The summed E-state index contributed by atoms with van der Waals surface area (Å²) in [5.41, 5.74) is 0. The van der Waals surface area contributed by atoms with Crippen molar-refractivity contribution in [2.45, 2.75) is 32.7 Å². The second kappa shape index (κ2) is 10.9. The van der Waals surface area contributed by atoms with E-state index in [9.17, 15) is 4.21 Å². The van der Waals surface area contributed by atoms with E-state index in [1.54, 1.807) is 6.26 Å². The molecule has 0 saturated heterocycles. The van der Waals surface area contributed by atoms with Crippen molar-refractivity contribution in [3.05, 3.63) is 0 Å². The fourth-order valence-electron chi connectivity index (χ4n) is 1.21. The van der Waals surface area contributed by atoms with Crippen molar-refractivity contribution in [2.24, 2.45) is 0 Å². The molecule has 0 radical (unpaired) electrons. The number of ether oxygens (including phenoxy) is 1. The van der Waals surface area contributed by atoms with Gasteiger partial charge in [-0.2, -0.15) is 0 Å². The monoisotopic (exact) mass is 280 g/mol. The molecule has 0 bridgehead atoms. The molecular formula is C11H24N2O2S2. The molecule has 0 spiro atoms. The fraction of sp³-hybridized carbons (Fsp3) is 0.909. The average Bonchev–Trinajstić information content (AvgIpc) is 2.26. The van der Waals surface area contributed by atoms with Crippen molar-refractivity contribution in [3.8, 4) is 0 Å².